The molecule has 0 radical (unpaired) electrons. The molecule has 0 spiro atoms. The average molecular weight is 450 g/mol. The summed E-state index contributed by atoms with van der Waals surface area (Å²) in [6.45, 7) is 0. The van der Waals surface area contributed by atoms with Gasteiger partial charge in [0.15, 0.2) is 0 Å². The van der Waals surface area contributed by atoms with E-state index < -0.39 is 5.97 Å². The number of hydrogen-bond acceptors (Lipinski definition) is 3. The summed E-state index contributed by atoms with van der Waals surface area (Å²) in [6.07, 6.45) is 0.935. The van der Waals surface area contributed by atoms with E-state index in [1.807, 2.05) is 24.3 Å². The molecule has 2 aliphatic rings. The Morgan fingerprint density at radius 3 is 2.69 bits per heavy atom. The van der Waals surface area contributed by atoms with Gasteiger partial charge in [0.2, 0.25) is 0 Å². The second-order valence-electron chi connectivity index (χ2n) is 7.66. The van der Waals surface area contributed by atoms with Gasteiger partial charge in [-0.1, -0.05) is 40.2 Å². The van der Waals surface area contributed by atoms with E-state index in [1.54, 1.807) is 13.2 Å². The first-order valence-electron chi connectivity index (χ1n) is 9.62. The molecule has 1 aliphatic carbocycles. The van der Waals surface area contributed by atoms with Crippen molar-refractivity contribution in [3.05, 3.63) is 93.0 Å². The number of rotatable bonds is 3. The first kappa shape index (κ1) is 18.3. The highest BCUT2D eigenvalue weighted by Crippen LogP contribution is 2.55. The van der Waals surface area contributed by atoms with Crippen LogP contribution in [0.2, 0.25) is 0 Å². The molecule has 4 nitrogen and oxygen atoms in total. The number of carbonyl (C=O) groups is 1. The maximum atomic E-state index is 11.6. The van der Waals surface area contributed by atoms with Crippen LogP contribution >= 0.6 is 15.9 Å². The third-order valence-corrected chi connectivity index (χ3v) is 6.67. The number of nitrogens with one attached hydrogen (secondary N) is 1. The first-order valence-corrected chi connectivity index (χ1v) is 10.4. The molecule has 3 aromatic carbocycles. The number of methoxy groups -OCH3 is 1. The zero-order chi connectivity index (χ0) is 20.1. The van der Waals surface area contributed by atoms with Gasteiger partial charge in [-0.15, -0.1) is 0 Å². The van der Waals surface area contributed by atoms with Crippen molar-refractivity contribution in [2.75, 3.05) is 12.4 Å². The van der Waals surface area contributed by atoms with Gasteiger partial charge >= 0.3 is 5.97 Å². The number of anilines is 1. The number of aromatic carboxylic acids is 1. The van der Waals surface area contributed by atoms with Gasteiger partial charge in [-0.3, -0.25) is 0 Å². The fourth-order valence-corrected chi connectivity index (χ4v) is 5.33. The second kappa shape index (κ2) is 6.92. The molecule has 0 amide bonds. The number of fused-ring (bicyclic) bond motifs is 5. The summed E-state index contributed by atoms with van der Waals surface area (Å²) in [6, 6.07) is 20.1. The van der Waals surface area contributed by atoms with Gasteiger partial charge in [0, 0.05) is 21.6 Å². The minimum absolute atomic E-state index is 0.0584. The van der Waals surface area contributed by atoms with Gasteiger partial charge in [-0.25, -0.2) is 4.79 Å². The molecule has 2 N–H and O–H groups in total. The summed E-state index contributed by atoms with van der Waals surface area (Å²) < 4.78 is 6.69. The predicted molar refractivity (Wildman–Crippen MR) is 116 cm³/mol. The van der Waals surface area contributed by atoms with Crippen molar-refractivity contribution in [2.45, 2.75) is 18.4 Å². The summed E-state index contributed by atoms with van der Waals surface area (Å²) in [5.41, 5.74) is 6.11. The maximum Gasteiger partial charge on any atom is 0.335 e. The van der Waals surface area contributed by atoms with E-state index in [2.05, 4.69) is 51.6 Å². The van der Waals surface area contributed by atoms with Gasteiger partial charge in [-0.05, 0) is 65.4 Å². The third kappa shape index (κ3) is 2.92. The molecule has 0 saturated carbocycles. The number of benzene rings is 3. The van der Waals surface area contributed by atoms with Crippen molar-refractivity contribution in [1.82, 2.24) is 0 Å². The smallest absolute Gasteiger partial charge is 0.335 e. The molecule has 146 valence electrons. The van der Waals surface area contributed by atoms with Crippen LogP contribution in [0.3, 0.4) is 0 Å². The lowest BCUT2D eigenvalue weighted by atomic mass is 9.75. The van der Waals surface area contributed by atoms with E-state index in [0.29, 0.717) is 5.56 Å². The van der Waals surface area contributed by atoms with Gasteiger partial charge in [0.1, 0.15) is 5.75 Å². The zero-order valence-electron chi connectivity index (χ0n) is 15.9. The highest BCUT2D eigenvalue weighted by Gasteiger charge is 2.44. The maximum absolute atomic E-state index is 11.6. The van der Waals surface area contributed by atoms with E-state index in [-0.39, 0.29) is 17.9 Å². The van der Waals surface area contributed by atoms with E-state index in [4.69, 9.17) is 4.74 Å². The Morgan fingerprint density at radius 2 is 1.90 bits per heavy atom. The Balaban J connectivity index is 1.71. The van der Waals surface area contributed by atoms with E-state index >= 15 is 0 Å². The average Bonchev–Trinajstić information content (AvgIpc) is 3.12. The first-order chi connectivity index (χ1) is 14.1. The van der Waals surface area contributed by atoms with Crippen LogP contribution in [0.4, 0.5) is 5.69 Å². The number of halogens is 1. The Labute approximate surface area is 177 Å². The quantitative estimate of drug-likeness (QED) is 0.544. The lowest BCUT2D eigenvalue weighted by Crippen LogP contribution is -2.31. The Hall–Kier alpha value is -2.79. The minimum Gasteiger partial charge on any atom is -0.496 e. The highest BCUT2D eigenvalue weighted by atomic mass is 79.9. The van der Waals surface area contributed by atoms with Gasteiger partial charge in [0.25, 0.3) is 0 Å². The molecule has 1 aliphatic heterocycles. The van der Waals surface area contributed by atoms with Crippen molar-refractivity contribution in [3.63, 3.8) is 0 Å². The standard InChI is InChI=1S/C24H20BrNO3/c1-29-21-9-7-15(25)12-18(21)23-19-10-13-4-2-3-5-16(13)22(19)17-11-14(24(27)28)6-8-20(17)26-23/h2-9,11-12,19,22-23,26H,10H2,1H3,(H,27,28)/t19-,22-,23-/m0/s1. The van der Waals surface area contributed by atoms with Crippen LogP contribution in [0.15, 0.2) is 65.1 Å². The van der Waals surface area contributed by atoms with Gasteiger partial charge in [-0.2, -0.15) is 0 Å². The van der Waals surface area contributed by atoms with Crippen LogP contribution in [-0.4, -0.2) is 18.2 Å². The Kier molecular flexibility index (Phi) is 4.36. The molecule has 0 aromatic heterocycles. The van der Waals surface area contributed by atoms with Crippen molar-refractivity contribution in [1.29, 1.82) is 0 Å². The molecule has 0 bridgehead atoms. The molecule has 0 saturated heterocycles. The molecule has 0 fully saturated rings. The summed E-state index contributed by atoms with van der Waals surface area (Å²) >= 11 is 3.60. The van der Waals surface area contributed by atoms with Gasteiger partial charge < -0.3 is 15.2 Å². The SMILES string of the molecule is COc1ccc(Br)cc1[C@@H]1Nc2ccc(C(=O)O)cc2[C@@H]2c3ccccc3C[C@@H]21. The van der Waals surface area contributed by atoms with Crippen molar-refractivity contribution < 1.29 is 14.6 Å². The van der Waals surface area contributed by atoms with Crippen LogP contribution < -0.4 is 10.1 Å². The Morgan fingerprint density at radius 1 is 1.07 bits per heavy atom. The van der Waals surface area contributed by atoms with Crippen molar-refractivity contribution in [2.24, 2.45) is 5.92 Å². The van der Waals surface area contributed by atoms with E-state index in [1.165, 1.54) is 11.1 Å². The topological polar surface area (TPSA) is 58.6 Å². The normalized spacial score (nSPS) is 21.5. The lowest BCUT2D eigenvalue weighted by Gasteiger charge is -2.38. The summed E-state index contributed by atoms with van der Waals surface area (Å²) in [5.74, 6) is 0.375. The zero-order valence-corrected chi connectivity index (χ0v) is 17.4. The lowest BCUT2D eigenvalue weighted by molar-refractivity contribution is 0.0696. The number of carboxylic acids is 1. The molecule has 0 unspecified atom stereocenters. The van der Waals surface area contributed by atoms with Crippen LogP contribution in [0, 0.1) is 5.92 Å². The number of carboxylic acid groups (broad SMARTS) is 1. The monoisotopic (exact) mass is 449 g/mol. The largest absolute Gasteiger partial charge is 0.496 e. The third-order valence-electron chi connectivity index (χ3n) is 6.17. The summed E-state index contributed by atoms with van der Waals surface area (Å²) in [4.78, 5) is 11.6. The molecule has 5 heteroatoms. The fraction of sp³-hybridized carbons (Fsp3) is 0.208. The number of ether oxygens (including phenoxy) is 1. The van der Waals surface area contributed by atoms with Gasteiger partial charge in [0.05, 0.1) is 18.7 Å². The molecule has 1 heterocycles. The van der Waals surface area contributed by atoms with E-state index in [9.17, 15) is 9.90 Å². The molecule has 29 heavy (non-hydrogen) atoms. The predicted octanol–water partition coefficient (Wildman–Crippen LogP) is 5.63. The molecule has 3 atom stereocenters. The van der Waals surface area contributed by atoms with Crippen LogP contribution in [0.5, 0.6) is 5.75 Å². The molecular weight excluding hydrogens is 430 g/mol. The molecule has 5 rings (SSSR count). The van der Waals surface area contributed by atoms with Crippen LogP contribution in [-0.2, 0) is 6.42 Å². The van der Waals surface area contributed by atoms with E-state index in [0.717, 1.165) is 33.5 Å². The summed E-state index contributed by atoms with van der Waals surface area (Å²) in [7, 11) is 1.70. The summed E-state index contributed by atoms with van der Waals surface area (Å²) in [5, 5.41) is 13.2. The molecule has 3 aromatic rings. The number of hydrogen-bond donors (Lipinski definition) is 2. The fourth-order valence-electron chi connectivity index (χ4n) is 4.95. The Bertz CT molecular complexity index is 1130. The van der Waals surface area contributed by atoms with Crippen molar-refractivity contribution >= 4 is 27.6 Å². The minimum atomic E-state index is -0.897. The van der Waals surface area contributed by atoms with Crippen LogP contribution in [0.25, 0.3) is 0 Å². The molecular formula is C24H20BrNO3. The van der Waals surface area contributed by atoms with Crippen LogP contribution in [0.1, 0.15) is 44.6 Å². The van der Waals surface area contributed by atoms with Crippen molar-refractivity contribution in [3.8, 4) is 5.75 Å². The highest BCUT2D eigenvalue weighted by molar-refractivity contribution is 9.10. The second-order valence-corrected chi connectivity index (χ2v) is 8.58.